The SMILES string of the molecule is C=CCOC(=O)C1=C(C)NC(=S)N[C@H]1c1ccc(OCC)cc1. The van der Waals surface area contributed by atoms with Gasteiger partial charge in [0.05, 0.1) is 18.2 Å². The molecular formula is C17H20N2O3S. The first-order valence-corrected chi connectivity index (χ1v) is 7.76. The molecule has 5 nitrogen and oxygen atoms in total. The van der Waals surface area contributed by atoms with Gasteiger partial charge in [0.2, 0.25) is 0 Å². The summed E-state index contributed by atoms with van der Waals surface area (Å²) in [4.78, 5) is 12.4. The van der Waals surface area contributed by atoms with Crippen molar-refractivity contribution in [2.75, 3.05) is 13.2 Å². The number of benzene rings is 1. The zero-order chi connectivity index (χ0) is 16.8. The third-order valence-corrected chi connectivity index (χ3v) is 3.57. The van der Waals surface area contributed by atoms with Crippen molar-refractivity contribution in [2.45, 2.75) is 19.9 Å². The van der Waals surface area contributed by atoms with Gasteiger partial charge in [-0.1, -0.05) is 24.8 Å². The molecule has 2 N–H and O–H groups in total. The summed E-state index contributed by atoms with van der Waals surface area (Å²) in [5, 5.41) is 6.56. The summed E-state index contributed by atoms with van der Waals surface area (Å²) in [7, 11) is 0. The Hall–Kier alpha value is -2.34. The number of rotatable bonds is 6. The number of carbonyl (C=O) groups is 1. The number of hydrogen-bond donors (Lipinski definition) is 2. The van der Waals surface area contributed by atoms with Crippen LogP contribution in [0.2, 0.25) is 0 Å². The summed E-state index contributed by atoms with van der Waals surface area (Å²) in [5.74, 6) is 0.382. The average Bonchev–Trinajstić information content (AvgIpc) is 2.53. The number of ether oxygens (including phenoxy) is 2. The van der Waals surface area contributed by atoms with Crippen LogP contribution in [-0.4, -0.2) is 24.3 Å². The first-order valence-electron chi connectivity index (χ1n) is 7.35. The average molecular weight is 332 g/mol. The Bertz CT molecular complexity index is 638. The van der Waals surface area contributed by atoms with Crippen molar-refractivity contribution in [3.05, 3.63) is 53.8 Å². The third kappa shape index (κ3) is 4.10. The Labute approximate surface area is 141 Å². The van der Waals surface area contributed by atoms with Crippen LogP contribution in [0.1, 0.15) is 25.5 Å². The lowest BCUT2D eigenvalue weighted by atomic mass is 9.95. The Morgan fingerprint density at radius 3 is 2.70 bits per heavy atom. The molecule has 1 heterocycles. The van der Waals surface area contributed by atoms with Crippen LogP contribution in [0.5, 0.6) is 5.75 Å². The molecule has 1 aromatic carbocycles. The fraction of sp³-hybridized carbons (Fsp3) is 0.294. The van der Waals surface area contributed by atoms with E-state index in [2.05, 4.69) is 17.2 Å². The van der Waals surface area contributed by atoms with E-state index in [1.807, 2.05) is 31.2 Å². The highest BCUT2D eigenvalue weighted by molar-refractivity contribution is 7.80. The van der Waals surface area contributed by atoms with Gasteiger partial charge in [-0.2, -0.15) is 0 Å². The quantitative estimate of drug-likeness (QED) is 0.474. The van der Waals surface area contributed by atoms with Gasteiger partial charge >= 0.3 is 5.97 Å². The smallest absolute Gasteiger partial charge is 0.338 e. The van der Waals surface area contributed by atoms with Crippen LogP contribution >= 0.6 is 12.2 Å². The highest BCUT2D eigenvalue weighted by atomic mass is 32.1. The van der Waals surface area contributed by atoms with Crippen molar-refractivity contribution in [3.63, 3.8) is 0 Å². The van der Waals surface area contributed by atoms with Crippen LogP contribution in [0.3, 0.4) is 0 Å². The summed E-state index contributed by atoms with van der Waals surface area (Å²) in [6.45, 7) is 8.06. The molecule has 23 heavy (non-hydrogen) atoms. The highest BCUT2D eigenvalue weighted by Crippen LogP contribution is 2.28. The maximum Gasteiger partial charge on any atom is 0.338 e. The van der Waals surface area contributed by atoms with Crippen molar-refractivity contribution in [1.82, 2.24) is 10.6 Å². The van der Waals surface area contributed by atoms with Crippen molar-refractivity contribution in [2.24, 2.45) is 0 Å². The molecular weight excluding hydrogens is 312 g/mol. The summed E-state index contributed by atoms with van der Waals surface area (Å²) in [6, 6.07) is 7.19. The molecule has 0 amide bonds. The second-order valence-electron chi connectivity index (χ2n) is 4.96. The van der Waals surface area contributed by atoms with Crippen molar-refractivity contribution in [3.8, 4) is 5.75 Å². The van der Waals surface area contributed by atoms with Gasteiger partial charge in [0.1, 0.15) is 12.4 Å². The molecule has 2 rings (SSSR count). The molecule has 0 aromatic heterocycles. The summed E-state index contributed by atoms with van der Waals surface area (Å²) in [6.07, 6.45) is 1.54. The van der Waals surface area contributed by atoms with E-state index >= 15 is 0 Å². The molecule has 1 aromatic rings. The van der Waals surface area contributed by atoms with E-state index in [4.69, 9.17) is 21.7 Å². The second kappa shape index (κ2) is 7.78. The largest absolute Gasteiger partial charge is 0.494 e. The topological polar surface area (TPSA) is 59.6 Å². The fourth-order valence-corrected chi connectivity index (χ4v) is 2.62. The molecule has 0 unspecified atom stereocenters. The molecule has 1 atom stereocenters. The van der Waals surface area contributed by atoms with E-state index < -0.39 is 5.97 Å². The minimum absolute atomic E-state index is 0.163. The third-order valence-electron chi connectivity index (χ3n) is 3.35. The monoisotopic (exact) mass is 332 g/mol. The van der Waals surface area contributed by atoms with Gasteiger partial charge in [0.25, 0.3) is 0 Å². The van der Waals surface area contributed by atoms with Gasteiger partial charge in [0, 0.05) is 5.70 Å². The van der Waals surface area contributed by atoms with Crippen molar-refractivity contribution >= 4 is 23.3 Å². The van der Waals surface area contributed by atoms with E-state index in [9.17, 15) is 4.79 Å². The predicted octanol–water partition coefficient (Wildman–Crippen LogP) is 2.61. The molecule has 0 radical (unpaired) electrons. The van der Waals surface area contributed by atoms with E-state index in [0.717, 1.165) is 11.3 Å². The molecule has 0 fully saturated rings. The molecule has 0 spiro atoms. The molecule has 122 valence electrons. The molecule has 0 aliphatic carbocycles. The van der Waals surface area contributed by atoms with Gasteiger partial charge in [0.15, 0.2) is 5.11 Å². The van der Waals surface area contributed by atoms with Gasteiger partial charge in [-0.15, -0.1) is 0 Å². The van der Waals surface area contributed by atoms with Gasteiger partial charge in [-0.05, 0) is 43.8 Å². The van der Waals surface area contributed by atoms with E-state index in [1.54, 1.807) is 6.92 Å². The van der Waals surface area contributed by atoms with Crippen LogP contribution in [0.15, 0.2) is 48.2 Å². The Kier molecular flexibility index (Phi) is 5.76. The highest BCUT2D eigenvalue weighted by Gasteiger charge is 2.30. The molecule has 6 heteroatoms. The van der Waals surface area contributed by atoms with Crippen LogP contribution in [-0.2, 0) is 9.53 Å². The van der Waals surface area contributed by atoms with Gasteiger partial charge in [-0.25, -0.2) is 4.79 Å². The fourth-order valence-electron chi connectivity index (χ4n) is 2.35. The summed E-state index contributed by atoms with van der Waals surface area (Å²) >= 11 is 5.20. The van der Waals surface area contributed by atoms with Crippen molar-refractivity contribution < 1.29 is 14.3 Å². The second-order valence-corrected chi connectivity index (χ2v) is 5.37. The first-order chi connectivity index (χ1) is 11.1. The number of hydrogen-bond acceptors (Lipinski definition) is 4. The van der Waals surface area contributed by atoms with E-state index in [1.165, 1.54) is 6.08 Å². The molecule has 1 aliphatic heterocycles. The summed E-state index contributed by atoms with van der Waals surface area (Å²) in [5.41, 5.74) is 2.09. The number of nitrogens with one attached hydrogen (secondary N) is 2. The minimum atomic E-state index is -0.399. The maximum absolute atomic E-state index is 12.4. The zero-order valence-electron chi connectivity index (χ0n) is 13.2. The summed E-state index contributed by atoms with van der Waals surface area (Å²) < 4.78 is 10.6. The lowest BCUT2D eigenvalue weighted by molar-refractivity contribution is -0.138. The predicted molar refractivity (Wildman–Crippen MR) is 93.1 cm³/mol. The number of carbonyl (C=O) groups excluding carboxylic acids is 1. The molecule has 0 bridgehead atoms. The number of thiocarbonyl (C=S) groups is 1. The van der Waals surface area contributed by atoms with E-state index in [0.29, 0.717) is 23.0 Å². The van der Waals surface area contributed by atoms with Crippen molar-refractivity contribution in [1.29, 1.82) is 0 Å². The molecule has 0 saturated heterocycles. The normalized spacial score (nSPS) is 17.1. The Balaban J connectivity index is 2.32. The van der Waals surface area contributed by atoms with Crippen LogP contribution < -0.4 is 15.4 Å². The van der Waals surface area contributed by atoms with Gasteiger partial charge < -0.3 is 20.1 Å². The first kappa shape index (κ1) is 17.0. The van der Waals surface area contributed by atoms with Crippen LogP contribution in [0.4, 0.5) is 0 Å². The number of esters is 1. The minimum Gasteiger partial charge on any atom is -0.494 e. The molecule has 1 aliphatic rings. The van der Waals surface area contributed by atoms with Crippen LogP contribution in [0.25, 0.3) is 0 Å². The lowest BCUT2D eigenvalue weighted by Crippen LogP contribution is -2.45. The zero-order valence-corrected chi connectivity index (χ0v) is 14.0. The van der Waals surface area contributed by atoms with Crippen LogP contribution in [0, 0.1) is 0 Å². The lowest BCUT2D eigenvalue weighted by Gasteiger charge is -2.29. The maximum atomic E-state index is 12.4. The number of allylic oxidation sites excluding steroid dienone is 1. The standard InChI is InChI=1S/C17H20N2O3S/c1-4-10-22-16(20)14-11(3)18-17(23)19-15(14)12-6-8-13(9-7-12)21-5-2/h4,6-9,15H,1,5,10H2,2-3H3,(H2,18,19,23)/t15-/m0/s1. The Morgan fingerprint density at radius 1 is 1.39 bits per heavy atom. The molecule has 0 saturated carbocycles. The van der Waals surface area contributed by atoms with Gasteiger partial charge in [-0.3, -0.25) is 0 Å². The van der Waals surface area contributed by atoms with E-state index in [-0.39, 0.29) is 12.6 Å². The Morgan fingerprint density at radius 2 is 2.09 bits per heavy atom.